The van der Waals surface area contributed by atoms with Gasteiger partial charge in [-0.25, -0.2) is 4.90 Å². The van der Waals surface area contributed by atoms with E-state index in [-0.39, 0.29) is 11.5 Å². The van der Waals surface area contributed by atoms with Gasteiger partial charge in [-0.3, -0.25) is 9.59 Å². The number of nitrogens with zero attached hydrogens (tertiary/aromatic N) is 1. The molecule has 0 unspecified atom stereocenters. The van der Waals surface area contributed by atoms with Crippen molar-refractivity contribution in [2.75, 3.05) is 4.90 Å². The predicted molar refractivity (Wildman–Crippen MR) is 122 cm³/mol. The number of hydrogen-bond donors (Lipinski definition) is 0. The number of rotatable bonds is 6. The Morgan fingerprint density at radius 1 is 1.00 bits per heavy atom. The van der Waals surface area contributed by atoms with E-state index >= 15 is 0 Å². The van der Waals surface area contributed by atoms with Crippen LogP contribution in [0.3, 0.4) is 0 Å². The summed E-state index contributed by atoms with van der Waals surface area (Å²) in [5, 5.41) is 0.774. The summed E-state index contributed by atoms with van der Waals surface area (Å²) in [6, 6.07) is 15.9. The highest BCUT2D eigenvalue weighted by molar-refractivity contribution is 8.03. The van der Waals surface area contributed by atoms with Crippen LogP contribution in [-0.2, 0) is 21.8 Å². The molecular formula is C23H17Cl2NO3S. The van der Waals surface area contributed by atoms with Crippen molar-refractivity contribution in [1.29, 1.82) is 0 Å². The van der Waals surface area contributed by atoms with Gasteiger partial charge in [0, 0.05) is 10.6 Å². The number of hydrogen-bond acceptors (Lipinski definition) is 4. The molecule has 4 rings (SSSR count). The minimum absolute atomic E-state index is 0.276. The van der Waals surface area contributed by atoms with E-state index in [1.54, 1.807) is 42.7 Å². The molecule has 0 saturated heterocycles. The molecule has 0 bridgehead atoms. The van der Waals surface area contributed by atoms with Crippen LogP contribution in [0, 0.1) is 0 Å². The highest BCUT2D eigenvalue weighted by atomic mass is 35.5. The van der Waals surface area contributed by atoms with Crippen molar-refractivity contribution in [2.24, 2.45) is 0 Å². The number of carbonyl (C=O) groups excluding carboxylic acids is 2. The van der Waals surface area contributed by atoms with Gasteiger partial charge in [-0.05, 0) is 48.4 Å². The molecule has 2 amide bonds. The van der Waals surface area contributed by atoms with Crippen LogP contribution in [0.15, 0.2) is 70.2 Å². The molecule has 1 aliphatic rings. The fourth-order valence-electron chi connectivity index (χ4n) is 3.23. The Hall–Kier alpha value is -2.47. The largest absolute Gasteiger partial charge is 0.468 e. The number of imide groups is 1. The van der Waals surface area contributed by atoms with Crippen LogP contribution < -0.4 is 4.90 Å². The van der Waals surface area contributed by atoms with Gasteiger partial charge in [0.05, 0.1) is 33.2 Å². The van der Waals surface area contributed by atoms with Crippen LogP contribution >= 0.6 is 35.0 Å². The van der Waals surface area contributed by atoms with Gasteiger partial charge in [-0.2, -0.15) is 0 Å². The lowest BCUT2D eigenvalue weighted by Crippen LogP contribution is -2.31. The molecule has 7 heteroatoms. The summed E-state index contributed by atoms with van der Waals surface area (Å²) >= 11 is 13.7. The summed E-state index contributed by atoms with van der Waals surface area (Å²) in [5.41, 5.74) is 2.41. The molecule has 1 aliphatic heterocycles. The van der Waals surface area contributed by atoms with Crippen LogP contribution in [0.5, 0.6) is 0 Å². The maximum atomic E-state index is 13.4. The van der Waals surface area contributed by atoms with Gasteiger partial charge >= 0.3 is 0 Å². The zero-order chi connectivity index (χ0) is 21.3. The number of benzene rings is 2. The SMILES string of the molecule is CCc1ccc(N2C(=O)C(SCc3ccco3)=C(c3ccc(Cl)cc3Cl)C2=O)cc1. The average molecular weight is 458 g/mol. The van der Waals surface area contributed by atoms with Crippen molar-refractivity contribution in [3.63, 3.8) is 0 Å². The summed E-state index contributed by atoms with van der Waals surface area (Å²) in [4.78, 5) is 28.3. The molecule has 152 valence electrons. The topological polar surface area (TPSA) is 50.5 Å². The third kappa shape index (κ3) is 3.93. The Bertz CT molecular complexity index is 1140. The summed E-state index contributed by atoms with van der Waals surface area (Å²) in [6.07, 6.45) is 2.45. The van der Waals surface area contributed by atoms with E-state index < -0.39 is 5.91 Å². The number of anilines is 1. The maximum Gasteiger partial charge on any atom is 0.272 e. The monoisotopic (exact) mass is 457 g/mol. The lowest BCUT2D eigenvalue weighted by Gasteiger charge is -2.16. The number of halogens is 2. The smallest absolute Gasteiger partial charge is 0.272 e. The van der Waals surface area contributed by atoms with Crippen molar-refractivity contribution in [3.05, 3.63) is 92.7 Å². The van der Waals surface area contributed by atoms with E-state index in [4.69, 9.17) is 27.6 Å². The first-order valence-corrected chi connectivity index (χ1v) is 11.1. The molecule has 4 nitrogen and oxygen atoms in total. The lowest BCUT2D eigenvalue weighted by atomic mass is 10.1. The van der Waals surface area contributed by atoms with Crippen LogP contribution in [0.4, 0.5) is 5.69 Å². The Kier molecular flexibility index (Phi) is 6.04. The Balaban J connectivity index is 1.76. The third-order valence-corrected chi connectivity index (χ3v) is 6.43. The van der Waals surface area contributed by atoms with Crippen molar-refractivity contribution in [1.82, 2.24) is 0 Å². The Labute approximate surface area is 188 Å². The van der Waals surface area contributed by atoms with Gasteiger partial charge in [0.15, 0.2) is 0 Å². The van der Waals surface area contributed by atoms with E-state index in [9.17, 15) is 9.59 Å². The van der Waals surface area contributed by atoms with Crippen LogP contribution in [-0.4, -0.2) is 11.8 Å². The van der Waals surface area contributed by atoms with Gasteiger partial charge in [0.2, 0.25) is 0 Å². The van der Waals surface area contributed by atoms with Crippen LogP contribution in [0.25, 0.3) is 5.57 Å². The lowest BCUT2D eigenvalue weighted by molar-refractivity contribution is -0.119. The molecule has 0 aliphatic carbocycles. The zero-order valence-corrected chi connectivity index (χ0v) is 18.4. The Morgan fingerprint density at radius 2 is 1.77 bits per heavy atom. The first kappa shape index (κ1) is 20.8. The van der Waals surface area contributed by atoms with Gasteiger partial charge in [-0.1, -0.05) is 48.3 Å². The molecule has 1 aromatic heterocycles. The molecule has 2 aromatic carbocycles. The van der Waals surface area contributed by atoms with Gasteiger partial charge in [0.1, 0.15) is 5.76 Å². The van der Waals surface area contributed by atoms with E-state index in [0.717, 1.165) is 12.0 Å². The number of thioether (sulfide) groups is 1. The van der Waals surface area contributed by atoms with Crippen molar-refractivity contribution in [3.8, 4) is 0 Å². The van der Waals surface area contributed by atoms with E-state index in [0.29, 0.717) is 37.7 Å². The summed E-state index contributed by atoms with van der Waals surface area (Å²) in [5.74, 6) is 0.343. The second-order valence-electron chi connectivity index (χ2n) is 6.66. The number of amides is 2. The van der Waals surface area contributed by atoms with E-state index in [1.165, 1.54) is 16.7 Å². The molecule has 0 atom stereocenters. The summed E-state index contributed by atoms with van der Waals surface area (Å²) in [7, 11) is 0. The minimum Gasteiger partial charge on any atom is -0.468 e. The fourth-order valence-corrected chi connectivity index (χ4v) is 4.74. The number of carbonyl (C=O) groups is 2. The molecule has 0 N–H and O–H groups in total. The predicted octanol–water partition coefficient (Wildman–Crippen LogP) is 6.37. The molecule has 0 radical (unpaired) electrons. The Morgan fingerprint density at radius 3 is 2.40 bits per heavy atom. The molecule has 0 spiro atoms. The second-order valence-corrected chi connectivity index (χ2v) is 8.49. The quantitative estimate of drug-likeness (QED) is 0.403. The second kappa shape index (κ2) is 8.72. The van der Waals surface area contributed by atoms with E-state index in [2.05, 4.69) is 0 Å². The highest BCUT2D eigenvalue weighted by Gasteiger charge is 2.41. The maximum absolute atomic E-state index is 13.4. The average Bonchev–Trinajstić information content (AvgIpc) is 3.33. The first-order chi connectivity index (χ1) is 14.5. The van der Waals surface area contributed by atoms with Gasteiger partial charge in [0.25, 0.3) is 11.8 Å². The number of aryl methyl sites for hydroxylation is 1. The highest BCUT2D eigenvalue weighted by Crippen LogP contribution is 2.42. The third-order valence-electron chi connectivity index (χ3n) is 4.78. The minimum atomic E-state index is -0.407. The molecule has 2 heterocycles. The van der Waals surface area contributed by atoms with Gasteiger partial charge in [-0.15, -0.1) is 11.8 Å². The number of furan rings is 1. The standard InChI is InChI=1S/C23H17Cl2NO3S/c1-2-14-5-8-16(9-6-14)26-22(27)20(18-10-7-15(24)12-19(18)25)21(23(26)28)30-13-17-4-3-11-29-17/h3-12H,2,13H2,1H3. The van der Waals surface area contributed by atoms with Crippen molar-refractivity contribution >= 4 is 58.0 Å². The van der Waals surface area contributed by atoms with Crippen LogP contribution in [0.1, 0.15) is 23.8 Å². The van der Waals surface area contributed by atoms with E-state index in [1.807, 2.05) is 25.1 Å². The normalized spacial score (nSPS) is 14.2. The van der Waals surface area contributed by atoms with Gasteiger partial charge < -0.3 is 4.42 Å². The van der Waals surface area contributed by atoms with Crippen molar-refractivity contribution < 1.29 is 14.0 Å². The fraction of sp³-hybridized carbons (Fsp3) is 0.130. The first-order valence-electron chi connectivity index (χ1n) is 9.32. The van der Waals surface area contributed by atoms with Crippen molar-refractivity contribution in [2.45, 2.75) is 19.1 Å². The summed E-state index contributed by atoms with van der Waals surface area (Å²) < 4.78 is 5.38. The molecule has 0 fully saturated rings. The molecule has 3 aromatic rings. The molecule has 30 heavy (non-hydrogen) atoms. The molecular weight excluding hydrogens is 441 g/mol. The molecule has 0 saturated carbocycles. The van der Waals surface area contributed by atoms with Crippen LogP contribution in [0.2, 0.25) is 10.0 Å². The zero-order valence-electron chi connectivity index (χ0n) is 16.0. The summed E-state index contributed by atoms with van der Waals surface area (Å²) in [6.45, 7) is 2.05.